The van der Waals surface area contributed by atoms with Crippen molar-refractivity contribution in [2.75, 3.05) is 19.7 Å². The minimum Gasteiger partial charge on any atom is -0.481 e. The van der Waals surface area contributed by atoms with Gasteiger partial charge in [-0.15, -0.1) is 15.7 Å². The Morgan fingerprint density at radius 1 is 0.553 bits per heavy atom. The summed E-state index contributed by atoms with van der Waals surface area (Å²) < 4.78 is 13.6. The zero-order valence-electron chi connectivity index (χ0n) is 56.6. The number of fused-ring (bicyclic) bond motifs is 4. The molecule has 3 N–H and O–H groups in total. The molecule has 10 rings (SSSR count). The third-order valence-electron chi connectivity index (χ3n) is 17.5. The number of nitrogens with zero attached hydrogens (tertiary/aromatic N) is 8. The molecule has 2 aliphatic rings. The number of hydroxylamine groups is 1. The summed E-state index contributed by atoms with van der Waals surface area (Å²) in [6, 6.07) is 32.2. The summed E-state index contributed by atoms with van der Waals surface area (Å²) in [6.45, 7) is 33.2. The number of nitrogens with one attached hydrogen (secondary N) is 1. The molecule has 2 aromatic heterocycles. The molecule has 0 saturated heterocycles. The number of esters is 1. The van der Waals surface area contributed by atoms with Gasteiger partial charge in [0.2, 0.25) is 0 Å². The molecular weight excluding hydrogens is 1190 g/mol. The third-order valence-corrected chi connectivity index (χ3v) is 17.5. The van der Waals surface area contributed by atoms with E-state index in [0.717, 1.165) is 96.1 Å². The Kier molecular flexibility index (Phi) is 23.2. The smallest absolute Gasteiger partial charge is 0.441 e. The summed E-state index contributed by atoms with van der Waals surface area (Å²) >= 11 is 0. The van der Waals surface area contributed by atoms with Crippen LogP contribution in [0.15, 0.2) is 97.1 Å². The normalized spacial score (nSPS) is 14.1. The lowest BCUT2D eigenvalue weighted by atomic mass is 9.78. The molecule has 0 aliphatic carbocycles. The highest BCUT2D eigenvalue weighted by molar-refractivity contribution is 5.95. The maximum Gasteiger partial charge on any atom is 0.441 e. The van der Waals surface area contributed by atoms with E-state index in [4.69, 9.17) is 19.4 Å². The van der Waals surface area contributed by atoms with Crippen LogP contribution in [0.2, 0.25) is 0 Å². The number of amides is 3. The van der Waals surface area contributed by atoms with Crippen molar-refractivity contribution in [3.05, 3.63) is 186 Å². The van der Waals surface area contributed by atoms with Crippen LogP contribution < -0.4 is 5.48 Å². The van der Waals surface area contributed by atoms with Crippen LogP contribution >= 0.6 is 0 Å². The Morgan fingerprint density at radius 3 is 1.35 bits per heavy atom. The lowest BCUT2D eigenvalue weighted by molar-refractivity contribution is -0.158. The van der Waals surface area contributed by atoms with Crippen molar-refractivity contribution < 1.29 is 53.3 Å². The highest BCUT2D eigenvalue weighted by atomic mass is 16.7. The van der Waals surface area contributed by atoms with Crippen molar-refractivity contribution in [1.29, 1.82) is 0 Å². The molecule has 6 aromatic carbocycles. The Morgan fingerprint density at radius 2 is 0.979 bits per heavy atom. The van der Waals surface area contributed by atoms with Gasteiger partial charge in [0, 0.05) is 62.2 Å². The van der Waals surface area contributed by atoms with Gasteiger partial charge < -0.3 is 34.3 Å². The van der Waals surface area contributed by atoms with Crippen molar-refractivity contribution in [3.63, 3.8) is 0 Å². The molecule has 20 nitrogen and oxygen atoms in total. The Bertz CT molecular complexity index is 4120. The number of aliphatic hydroxyl groups is 1. The minimum absolute atomic E-state index is 0. The van der Waals surface area contributed by atoms with Gasteiger partial charge in [-0.25, -0.2) is 23.7 Å². The quantitative estimate of drug-likeness (QED) is 0.0551. The SMILES string of the molecule is C.CC(C)(C)OC(=O)CO.CCn1nnc2c(C)c([C@H](c3ccc4c(c3)CN(C(=O)c3ccc(C)c(C)c3)CC4)[C@H](C)C(=O)O)ccc21.CCn1nnc2c(C)c([C@H](c3ccc4c(c3)CN(C(=O)c3ccc(C)c(C)c3)CC4)[C@H](C)C(=O)ONC(=O)OC(C)(C)C)ccc21. The van der Waals surface area contributed by atoms with Crippen LogP contribution in [-0.4, -0.2) is 117 Å². The molecule has 500 valence electrons. The van der Waals surface area contributed by atoms with Crippen LogP contribution in [-0.2, 0) is 67.7 Å². The standard InChI is InChI=1S/C36H43N5O5.C31H34N4O3.C6H12O3.CH4/c1-9-41-30-15-14-29(23(4)32(30)37-39-41)31(24(5)34(43)46-38-35(44)45-36(6,7)8)26-13-12-25-16-17-40(20-28(25)19-26)33(42)27-11-10-21(2)22(3)18-27;1-6-35-27-12-11-26(20(4)29(27)32-33-35)28(21(5)31(37)38)23-10-9-22-13-14-34(17-25(22)16-23)30(36)24-8-7-18(2)19(3)15-24;1-6(2,3)9-5(8)4-7;/h10-15,18-19,24,31H,9,16-17,20H2,1-8H3,(H,38,44);7-12,15-16,21,28H,6,13-14,17H2,1-5H3,(H,37,38);7H,4H2,1-3H3;1H4/t24-,31-;21-,28-;;/m00../s1. The molecule has 20 heteroatoms. The van der Waals surface area contributed by atoms with E-state index in [1.807, 2.05) is 141 Å². The van der Waals surface area contributed by atoms with Gasteiger partial charge in [-0.1, -0.05) is 92.4 Å². The first-order valence-electron chi connectivity index (χ1n) is 31.8. The summed E-state index contributed by atoms with van der Waals surface area (Å²) in [5.74, 6) is -4.18. The van der Waals surface area contributed by atoms with Gasteiger partial charge in [-0.05, 0) is 224 Å². The predicted molar refractivity (Wildman–Crippen MR) is 362 cm³/mol. The highest BCUT2D eigenvalue weighted by Crippen LogP contribution is 2.40. The molecule has 0 fully saturated rings. The second-order valence-electron chi connectivity index (χ2n) is 26.4. The van der Waals surface area contributed by atoms with E-state index < -0.39 is 59.6 Å². The molecule has 8 aromatic rings. The van der Waals surface area contributed by atoms with E-state index in [0.29, 0.717) is 50.4 Å². The van der Waals surface area contributed by atoms with E-state index in [-0.39, 0.29) is 25.2 Å². The molecule has 0 bridgehead atoms. The second kappa shape index (κ2) is 30.2. The summed E-state index contributed by atoms with van der Waals surface area (Å²) in [6.07, 6.45) is 0.663. The molecule has 0 saturated carbocycles. The number of carbonyl (C=O) groups is 6. The van der Waals surface area contributed by atoms with Crippen LogP contribution in [0.4, 0.5) is 4.79 Å². The number of hydrogen-bond donors (Lipinski definition) is 3. The Balaban J connectivity index is 0.000000236. The van der Waals surface area contributed by atoms with E-state index in [1.54, 1.807) is 55.4 Å². The highest BCUT2D eigenvalue weighted by Gasteiger charge is 2.35. The summed E-state index contributed by atoms with van der Waals surface area (Å²) in [5, 5.41) is 35.7. The maximum atomic E-state index is 13.5. The molecule has 0 unspecified atom stereocenters. The van der Waals surface area contributed by atoms with Gasteiger partial charge in [-0.3, -0.25) is 14.4 Å². The number of ether oxygens (including phenoxy) is 2. The first-order chi connectivity index (χ1) is 43.9. The van der Waals surface area contributed by atoms with Crippen LogP contribution in [0.3, 0.4) is 0 Å². The molecule has 0 spiro atoms. The van der Waals surface area contributed by atoms with Gasteiger partial charge in [0.15, 0.2) is 0 Å². The lowest BCUT2D eigenvalue weighted by Gasteiger charge is -2.31. The van der Waals surface area contributed by atoms with E-state index in [2.05, 4.69) is 56.4 Å². The number of aromatic nitrogens is 6. The largest absolute Gasteiger partial charge is 0.481 e. The first-order valence-corrected chi connectivity index (χ1v) is 31.8. The van der Waals surface area contributed by atoms with Crippen molar-refractivity contribution in [3.8, 4) is 0 Å². The number of aryl methyl sites for hydroxylation is 8. The molecule has 2 aliphatic heterocycles. The summed E-state index contributed by atoms with van der Waals surface area (Å²) in [5.41, 5.74) is 20.2. The average molecular weight is 1280 g/mol. The van der Waals surface area contributed by atoms with E-state index in [1.165, 1.54) is 16.7 Å². The number of aliphatic carboxylic acids is 1. The number of carbonyl (C=O) groups excluding carboxylic acids is 5. The molecule has 3 amide bonds. The molecule has 0 radical (unpaired) electrons. The fourth-order valence-electron chi connectivity index (χ4n) is 12.1. The van der Waals surface area contributed by atoms with Gasteiger partial charge in [0.25, 0.3) is 11.8 Å². The van der Waals surface area contributed by atoms with Crippen LogP contribution in [0.1, 0.15) is 187 Å². The van der Waals surface area contributed by atoms with Crippen LogP contribution in [0.5, 0.6) is 0 Å². The van der Waals surface area contributed by atoms with Gasteiger partial charge in [0.05, 0.1) is 22.9 Å². The van der Waals surface area contributed by atoms with Gasteiger partial charge in [0.1, 0.15) is 28.8 Å². The maximum absolute atomic E-state index is 13.5. The van der Waals surface area contributed by atoms with E-state index >= 15 is 0 Å². The van der Waals surface area contributed by atoms with Gasteiger partial charge in [-0.2, -0.15) is 0 Å². The number of benzene rings is 6. The molecule has 4 heterocycles. The van der Waals surface area contributed by atoms with Crippen LogP contribution in [0.25, 0.3) is 22.1 Å². The Labute approximate surface area is 551 Å². The van der Waals surface area contributed by atoms with Crippen molar-refractivity contribution >= 4 is 57.9 Å². The van der Waals surface area contributed by atoms with Crippen molar-refractivity contribution in [2.45, 2.75) is 180 Å². The summed E-state index contributed by atoms with van der Waals surface area (Å²) in [7, 11) is 0. The Hall–Kier alpha value is -9.30. The topological polar surface area (TPSA) is 250 Å². The number of carboxylic acids is 1. The van der Waals surface area contributed by atoms with Crippen molar-refractivity contribution in [2.24, 2.45) is 11.8 Å². The van der Waals surface area contributed by atoms with Gasteiger partial charge >= 0.3 is 24.0 Å². The summed E-state index contributed by atoms with van der Waals surface area (Å²) in [4.78, 5) is 84.3. The number of carboxylic acid groups (broad SMARTS) is 1. The molecule has 4 atom stereocenters. The first kappa shape index (κ1) is 72.1. The average Bonchev–Trinajstić information content (AvgIpc) is 1.22. The minimum atomic E-state index is -0.851. The van der Waals surface area contributed by atoms with E-state index in [9.17, 15) is 33.9 Å². The third kappa shape index (κ3) is 16.7. The lowest BCUT2D eigenvalue weighted by Crippen LogP contribution is -2.37. The predicted octanol–water partition coefficient (Wildman–Crippen LogP) is 12.7. The molecule has 94 heavy (non-hydrogen) atoms. The second-order valence-corrected chi connectivity index (χ2v) is 26.4. The fraction of sp³-hybridized carbons (Fsp3) is 0.432. The van der Waals surface area contributed by atoms with Crippen molar-refractivity contribution in [1.82, 2.24) is 45.3 Å². The zero-order chi connectivity index (χ0) is 68.0. The number of aliphatic hydroxyl groups excluding tert-OH is 1. The fourth-order valence-corrected chi connectivity index (χ4v) is 12.1. The number of rotatable bonds is 13. The number of hydrogen-bond acceptors (Lipinski definition) is 14. The monoisotopic (exact) mass is 1280 g/mol. The zero-order valence-corrected chi connectivity index (χ0v) is 56.6. The van der Waals surface area contributed by atoms with Crippen LogP contribution in [0, 0.1) is 53.4 Å². The molecular formula is C74H93N9O11.